The fraction of sp³-hybridized carbons (Fsp3) is 0.833. The van der Waals surface area contributed by atoms with Crippen LogP contribution in [0.5, 0.6) is 0 Å². The van der Waals surface area contributed by atoms with Gasteiger partial charge in [0.2, 0.25) is 0 Å². The van der Waals surface area contributed by atoms with Crippen molar-refractivity contribution in [2.24, 2.45) is 0 Å². The summed E-state index contributed by atoms with van der Waals surface area (Å²) in [5.74, 6) is 0. The molecule has 14 heavy (non-hydrogen) atoms. The van der Waals surface area contributed by atoms with E-state index in [4.69, 9.17) is 4.74 Å². The molecule has 0 rings (SSSR count). The van der Waals surface area contributed by atoms with Crippen LogP contribution in [0.4, 0.5) is 0 Å². The Morgan fingerprint density at radius 3 is 2.36 bits per heavy atom. The van der Waals surface area contributed by atoms with Gasteiger partial charge >= 0.3 is 0 Å². The molecule has 0 aromatic rings. The molecule has 0 spiro atoms. The molecule has 0 aromatic heterocycles. The van der Waals surface area contributed by atoms with Gasteiger partial charge in [-0.2, -0.15) is 0 Å². The van der Waals surface area contributed by atoms with Crippen molar-refractivity contribution < 1.29 is 4.74 Å². The minimum Gasteiger partial charge on any atom is -0.377 e. The third-order valence-electron chi connectivity index (χ3n) is 2.91. The molecule has 0 saturated heterocycles. The molecule has 0 radical (unpaired) electrons. The number of rotatable bonds is 7. The smallest absolute Gasteiger partial charge is 0.0803 e. The van der Waals surface area contributed by atoms with Gasteiger partial charge in [0.05, 0.1) is 5.60 Å². The predicted molar refractivity (Wildman–Crippen MR) is 62.6 cm³/mol. The Kier molecular flexibility index (Phi) is 6.05. The minimum absolute atomic E-state index is 0.0883. The summed E-state index contributed by atoms with van der Waals surface area (Å²) in [6, 6.07) is 0.361. The van der Waals surface area contributed by atoms with Crippen molar-refractivity contribution >= 4 is 0 Å². The van der Waals surface area contributed by atoms with Crippen molar-refractivity contribution in [2.45, 2.75) is 52.2 Å². The molecule has 2 heteroatoms. The van der Waals surface area contributed by atoms with Crippen molar-refractivity contribution in [3.8, 4) is 0 Å². The molecule has 0 aromatic carbocycles. The van der Waals surface area contributed by atoms with E-state index in [0.29, 0.717) is 6.04 Å². The van der Waals surface area contributed by atoms with Crippen molar-refractivity contribution in [2.75, 3.05) is 13.7 Å². The standard InChI is InChI=1S/C12H25NO/c1-7-12(5,14-6)11(13-8-2)9-10(3)4/h11,13H,3,7-9H2,1-2,4-6H3. The summed E-state index contributed by atoms with van der Waals surface area (Å²) < 4.78 is 5.60. The summed E-state index contributed by atoms with van der Waals surface area (Å²) in [6.07, 6.45) is 1.99. The van der Waals surface area contributed by atoms with Crippen LogP contribution in [0.3, 0.4) is 0 Å². The van der Waals surface area contributed by atoms with Crippen LogP contribution in [0, 0.1) is 0 Å². The highest BCUT2D eigenvalue weighted by Crippen LogP contribution is 2.23. The van der Waals surface area contributed by atoms with E-state index in [-0.39, 0.29) is 5.60 Å². The zero-order valence-electron chi connectivity index (χ0n) is 10.3. The molecule has 0 heterocycles. The first kappa shape index (κ1) is 13.7. The maximum atomic E-state index is 5.60. The molecular formula is C12H25NO. The Hall–Kier alpha value is -0.340. The highest BCUT2D eigenvalue weighted by Gasteiger charge is 2.31. The van der Waals surface area contributed by atoms with Crippen molar-refractivity contribution in [1.29, 1.82) is 0 Å². The van der Waals surface area contributed by atoms with Gasteiger partial charge in [-0.25, -0.2) is 0 Å². The summed E-state index contributed by atoms with van der Waals surface area (Å²) in [5, 5.41) is 3.47. The molecule has 84 valence electrons. The van der Waals surface area contributed by atoms with E-state index in [1.54, 1.807) is 7.11 Å². The van der Waals surface area contributed by atoms with Crippen molar-refractivity contribution in [1.82, 2.24) is 5.32 Å². The van der Waals surface area contributed by atoms with E-state index in [2.05, 4.69) is 39.6 Å². The summed E-state index contributed by atoms with van der Waals surface area (Å²) in [5.41, 5.74) is 1.11. The second kappa shape index (κ2) is 6.20. The van der Waals surface area contributed by atoms with Crippen LogP contribution in [0.2, 0.25) is 0 Å². The zero-order chi connectivity index (χ0) is 11.2. The van der Waals surface area contributed by atoms with E-state index in [1.165, 1.54) is 5.57 Å². The fourth-order valence-corrected chi connectivity index (χ4v) is 1.63. The van der Waals surface area contributed by atoms with Crippen molar-refractivity contribution in [3.05, 3.63) is 12.2 Å². The van der Waals surface area contributed by atoms with Gasteiger partial charge in [0.1, 0.15) is 0 Å². The fourth-order valence-electron chi connectivity index (χ4n) is 1.63. The number of ether oxygens (including phenoxy) is 1. The van der Waals surface area contributed by atoms with Crippen LogP contribution in [0.1, 0.15) is 40.5 Å². The van der Waals surface area contributed by atoms with Crippen LogP contribution in [-0.2, 0) is 4.74 Å². The first-order valence-corrected chi connectivity index (χ1v) is 5.43. The Morgan fingerprint density at radius 1 is 1.50 bits per heavy atom. The topological polar surface area (TPSA) is 21.3 Å². The van der Waals surface area contributed by atoms with Crippen LogP contribution >= 0.6 is 0 Å². The van der Waals surface area contributed by atoms with E-state index in [0.717, 1.165) is 19.4 Å². The quantitative estimate of drug-likeness (QED) is 0.637. The highest BCUT2D eigenvalue weighted by molar-refractivity contribution is 4.99. The lowest BCUT2D eigenvalue weighted by Gasteiger charge is -2.36. The first-order chi connectivity index (χ1) is 6.50. The number of hydrogen-bond acceptors (Lipinski definition) is 2. The normalized spacial score (nSPS) is 17.5. The van der Waals surface area contributed by atoms with Crippen LogP contribution in [-0.4, -0.2) is 25.3 Å². The van der Waals surface area contributed by atoms with Gasteiger partial charge < -0.3 is 10.1 Å². The monoisotopic (exact) mass is 199 g/mol. The second-order valence-corrected chi connectivity index (χ2v) is 4.14. The summed E-state index contributed by atoms with van der Waals surface area (Å²) in [4.78, 5) is 0. The molecule has 0 saturated carbocycles. The second-order valence-electron chi connectivity index (χ2n) is 4.14. The van der Waals surface area contributed by atoms with E-state index in [1.807, 2.05) is 0 Å². The number of hydrogen-bond donors (Lipinski definition) is 1. The predicted octanol–water partition coefficient (Wildman–Crippen LogP) is 2.75. The van der Waals surface area contributed by atoms with E-state index in [9.17, 15) is 0 Å². The lowest BCUT2D eigenvalue weighted by molar-refractivity contribution is -0.0283. The van der Waals surface area contributed by atoms with Crippen molar-refractivity contribution in [3.63, 3.8) is 0 Å². The van der Waals surface area contributed by atoms with Crippen LogP contribution in [0.15, 0.2) is 12.2 Å². The largest absolute Gasteiger partial charge is 0.377 e. The molecule has 0 amide bonds. The highest BCUT2D eigenvalue weighted by atomic mass is 16.5. The van der Waals surface area contributed by atoms with Gasteiger partial charge in [-0.05, 0) is 33.2 Å². The molecule has 2 atom stereocenters. The Labute approximate surface area is 88.7 Å². The molecule has 0 bridgehead atoms. The average Bonchev–Trinajstić information content (AvgIpc) is 2.15. The number of nitrogens with one attached hydrogen (secondary N) is 1. The van der Waals surface area contributed by atoms with Crippen LogP contribution in [0.25, 0.3) is 0 Å². The molecule has 2 unspecified atom stereocenters. The maximum Gasteiger partial charge on any atom is 0.0803 e. The van der Waals surface area contributed by atoms with Gasteiger partial charge in [0.25, 0.3) is 0 Å². The molecule has 0 aliphatic rings. The van der Waals surface area contributed by atoms with Gasteiger partial charge in [0, 0.05) is 13.2 Å². The Balaban J connectivity index is 4.51. The summed E-state index contributed by atoms with van der Waals surface area (Å²) in [6.45, 7) is 13.4. The van der Waals surface area contributed by atoms with Gasteiger partial charge in [-0.1, -0.05) is 19.4 Å². The summed E-state index contributed by atoms with van der Waals surface area (Å²) >= 11 is 0. The third-order valence-corrected chi connectivity index (χ3v) is 2.91. The molecule has 0 aliphatic heterocycles. The number of likely N-dealkylation sites (N-methyl/N-ethyl adjacent to an activating group) is 1. The lowest BCUT2D eigenvalue weighted by atomic mass is 9.88. The Morgan fingerprint density at radius 2 is 2.07 bits per heavy atom. The van der Waals surface area contributed by atoms with Gasteiger partial charge in [0.15, 0.2) is 0 Å². The van der Waals surface area contributed by atoms with E-state index >= 15 is 0 Å². The molecule has 0 aliphatic carbocycles. The third kappa shape index (κ3) is 3.81. The maximum absolute atomic E-state index is 5.60. The lowest BCUT2D eigenvalue weighted by Crippen LogP contribution is -2.49. The summed E-state index contributed by atoms with van der Waals surface area (Å²) in [7, 11) is 1.78. The minimum atomic E-state index is -0.0883. The SMILES string of the molecule is C=C(C)CC(NCC)C(C)(CC)OC. The molecule has 2 nitrogen and oxygen atoms in total. The van der Waals surface area contributed by atoms with Crippen LogP contribution < -0.4 is 5.32 Å². The molecular weight excluding hydrogens is 174 g/mol. The van der Waals surface area contributed by atoms with Gasteiger partial charge in [-0.15, -0.1) is 6.58 Å². The molecule has 0 fully saturated rings. The first-order valence-electron chi connectivity index (χ1n) is 5.43. The average molecular weight is 199 g/mol. The van der Waals surface area contributed by atoms with Gasteiger partial charge in [-0.3, -0.25) is 0 Å². The number of methoxy groups -OCH3 is 1. The van der Waals surface area contributed by atoms with E-state index < -0.39 is 0 Å². The molecule has 1 N–H and O–H groups in total. The Bertz CT molecular complexity index is 173. The zero-order valence-corrected chi connectivity index (χ0v) is 10.3.